The van der Waals surface area contributed by atoms with Crippen molar-refractivity contribution in [3.05, 3.63) is 64.8 Å². The summed E-state index contributed by atoms with van der Waals surface area (Å²) in [5, 5.41) is 24.9. The monoisotopic (exact) mass is 521 g/mol. The molecule has 8 heteroatoms. The van der Waals surface area contributed by atoms with Crippen LogP contribution in [-0.2, 0) is 0 Å². The molecule has 1 aliphatic rings. The minimum atomic E-state index is -1.00. The number of aryl methyl sites for hydroxylation is 1. The van der Waals surface area contributed by atoms with Crippen molar-refractivity contribution < 1.29 is 19.7 Å². The Kier molecular flexibility index (Phi) is 6.79. The number of likely N-dealkylation sites (N-methyl/N-ethyl adjacent to an activating group) is 1. The number of aromatic nitrogens is 1. The van der Waals surface area contributed by atoms with E-state index in [4.69, 9.17) is 16.3 Å². The summed E-state index contributed by atoms with van der Waals surface area (Å²) in [6.45, 7) is 5.24. The maximum Gasteiger partial charge on any atom is 0.168 e. The summed E-state index contributed by atoms with van der Waals surface area (Å²) in [7, 11) is 3.93. The summed E-state index contributed by atoms with van der Waals surface area (Å²) in [4.78, 5) is 19.5. The first-order valence-electron chi connectivity index (χ1n) is 12.4. The highest BCUT2D eigenvalue weighted by Crippen LogP contribution is 2.48. The van der Waals surface area contributed by atoms with E-state index in [0.29, 0.717) is 36.0 Å². The number of aromatic amines is 1. The lowest BCUT2D eigenvalue weighted by Crippen LogP contribution is -2.28. The van der Waals surface area contributed by atoms with Gasteiger partial charge in [-0.2, -0.15) is 0 Å². The zero-order chi connectivity index (χ0) is 26.4. The van der Waals surface area contributed by atoms with Crippen molar-refractivity contribution in [1.29, 1.82) is 0 Å². The third-order valence-electron chi connectivity index (χ3n) is 7.18. The van der Waals surface area contributed by atoms with E-state index in [1.165, 1.54) is 6.92 Å². The summed E-state index contributed by atoms with van der Waals surface area (Å²) in [6, 6.07) is 13.1. The number of nitrogens with zero attached hydrogens (tertiary/aromatic N) is 2. The minimum absolute atomic E-state index is 0.000843. The number of hydrogen-bond acceptors (Lipinski definition) is 6. The van der Waals surface area contributed by atoms with Crippen LogP contribution in [0.3, 0.4) is 0 Å². The average molecular weight is 522 g/mol. The first kappa shape index (κ1) is 25.4. The van der Waals surface area contributed by atoms with Crippen molar-refractivity contribution in [2.75, 3.05) is 44.6 Å². The molecule has 0 saturated carbocycles. The number of Topliss-reactive ketones (excluding diaryl/α,β-unsaturated/α-hetero) is 1. The standard InChI is InChI=1S/C29H32ClN3O4/c1-16-6-5-7-20-25(35)13-24-28(27(16)20)19(14-30)15-33(24)29(36)23-11-18-10-21(17(2)34)26(12-22(18)31-23)37-9-8-32(3)4/h5-7,10-13,19,29,31,35-36H,8-9,14-15H2,1-4H3/t19-,29?/m1/s1. The van der Waals surface area contributed by atoms with Gasteiger partial charge in [0.15, 0.2) is 12.0 Å². The molecule has 1 unspecified atom stereocenters. The number of aliphatic hydroxyl groups excluding tert-OH is 1. The molecule has 2 atom stereocenters. The van der Waals surface area contributed by atoms with Gasteiger partial charge >= 0.3 is 0 Å². The molecule has 1 aromatic heterocycles. The van der Waals surface area contributed by atoms with E-state index < -0.39 is 6.23 Å². The van der Waals surface area contributed by atoms with Crippen molar-refractivity contribution in [1.82, 2.24) is 9.88 Å². The fourth-order valence-electron chi connectivity index (χ4n) is 5.31. The highest BCUT2D eigenvalue weighted by atomic mass is 35.5. The van der Waals surface area contributed by atoms with E-state index in [1.54, 1.807) is 12.1 Å². The summed E-state index contributed by atoms with van der Waals surface area (Å²) >= 11 is 6.41. The predicted octanol–water partition coefficient (Wildman–Crippen LogP) is 5.31. The number of anilines is 1. The van der Waals surface area contributed by atoms with Gasteiger partial charge in [0.2, 0.25) is 0 Å². The number of alkyl halides is 1. The van der Waals surface area contributed by atoms with E-state index in [-0.39, 0.29) is 17.5 Å². The number of halogens is 1. The number of H-pyrrole nitrogens is 1. The molecule has 0 spiro atoms. The van der Waals surface area contributed by atoms with Crippen LogP contribution in [0.15, 0.2) is 42.5 Å². The molecular formula is C29H32ClN3O4. The first-order chi connectivity index (χ1) is 17.7. The zero-order valence-electron chi connectivity index (χ0n) is 21.5. The van der Waals surface area contributed by atoms with Crippen LogP contribution in [-0.4, -0.2) is 65.6 Å². The third-order valence-corrected chi connectivity index (χ3v) is 7.55. The number of benzene rings is 3. The smallest absolute Gasteiger partial charge is 0.168 e. The molecule has 0 saturated heterocycles. The number of ether oxygens (including phenoxy) is 1. The van der Waals surface area contributed by atoms with E-state index in [9.17, 15) is 15.0 Å². The quantitative estimate of drug-likeness (QED) is 0.215. The number of ketones is 1. The Morgan fingerprint density at radius 2 is 2.05 bits per heavy atom. The fourth-order valence-corrected chi connectivity index (χ4v) is 5.56. The van der Waals surface area contributed by atoms with E-state index >= 15 is 0 Å². The topological polar surface area (TPSA) is 89.0 Å². The van der Waals surface area contributed by atoms with E-state index in [2.05, 4.69) is 4.98 Å². The SMILES string of the molecule is CC(=O)c1cc2cc(C(O)N3C[C@@H](CCl)c4c3cc(O)c3cccc(C)c43)[nH]c2cc1OCCN(C)C. The predicted molar refractivity (Wildman–Crippen MR) is 148 cm³/mol. The number of hydrogen-bond donors (Lipinski definition) is 3. The van der Waals surface area contributed by atoms with Gasteiger partial charge in [0, 0.05) is 59.0 Å². The van der Waals surface area contributed by atoms with Crippen LogP contribution in [0.2, 0.25) is 0 Å². The number of phenolic OH excluding ortho intramolecular Hbond substituents is 1. The van der Waals surface area contributed by atoms with Crippen LogP contribution in [0.1, 0.15) is 46.2 Å². The second-order valence-corrected chi connectivity index (χ2v) is 10.4. The van der Waals surface area contributed by atoms with Gasteiger partial charge in [-0.05, 0) is 56.6 Å². The van der Waals surface area contributed by atoms with Gasteiger partial charge in [0.1, 0.15) is 18.1 Å². The summed E-state index contributed by atoms with van der Waals surface area (Å²) in [5.41, 5.74) is 4.73. The first-order valence-corrected chi connectivity index (χ1v) is 12.9. The van der Waals surface area contributed by atoms with Crippen LogP contribution >= 0.6 is 11.6 Å². The Morgan fingerprint density at radius 3 is 2.76 bits per heavy atom. The molecule has 0 amide bonds. The van der Waals surface area contributed by atoms with Crippen LogP contribution in [0.5, 0.6) is 11.5 Å². The molecule has 194 valence electrons. The number of nitrogens with one attached hydrogen (secondary N) is 1. The van der Waals surface area contributed by atoms with Gasteiger partial charge in [0.25, 0.3) is 0 Å². The van der Waals surface area contributed by atoms with Gasteiger partial charge in [-0.1, -0.05) is 18.2 Å². The van der Waals surface area contributed by atoms with Crippen molar-refractivity contribution in [2.45, 2.75) is 26.0 Å². The fraction of sp³-hybridized carbons (Fsp3) is 0.345. The van der Waals surface area contributed by atoms with Gasteiger partial charge in [0.05, 0.1) is 11.3 Å². The highest BCUT2D eigenvalue weighted by Gasteiger charge is 2.35. The normalized spacial score (nSPS) is 16.1. The molecule has 2 heterocycles. The number of carbonyl (C=O) groups excluding carboxylic acids is 1. The van der Waals surface area contributed by atoms with Gasteiger partial charge in [-0.15, -0.1) is 11.6 Å². The Bertz CT molecular complexity index is 1500. The molecule has 1 aliphatic heterocycles. The Morgan fingerprint density at radius 1 is 1.27 bits per heavy atom. The minimum Gasteiger partial charge on any atom is -0.507 e. The Hall–Kier alpha value is -3.26. The maximum absolute atomic E-state index is 12.3. The number of carbonyl (C=O) groups is 1. The molecule has 0 fully saturated rings. The summed E-state index contributed by atoms with van der Waals surface area (Å²) < 4.78 is 5.93. The number of rotatable bonds is 8. The van der Waals surface area contributed by atoms with E-state index in [0.717, 1.165) is 45.0 Å². The molecule has 4 aromatic rings. The number of aliphatic hydroxyl groups is 1. The third kappa shape index (κ3) is 4.52. The van der Waals surface area contributed by atoms with Gasteiger partial charge in [-0.25, -0.2) is 0 Å². The molecule has 0 bridgehead atoms. The van der Waals surface area contributed by atoms with Crippen molar-refractivity contribution in [3.63, 3.8) is 0 Å². The molecule has 7 nitrogen and oxygen atoms in total. The maximum atomic E-state index is 12.3. The van der Waals surface area contributed by atoms with E-state index in [1.807, 2.05) is 61.2 Å². The average Bonchev–Trinajstić information content (AvgIpc) is 3.44. The lowest BCUT2D eigenvalue weighted by Gasteiger charge is -2.26. The van der Waals surface area contributed by atoms with Crippen molar-refractivity contribution in [3.8, 4) is 11.5 Å². The lowest BCUT2D eigenvalue weighted by molar-refractivity contribution is 0.101. The van der Waals surface area contributed by atoms with Gasteiger partial charge in [-0.3, -0.25) is 4.79 Å². The Balaban J connectivity index is 1.54. The summed E-state index contributed by atoms with van der Waals surface area (Å²) in [6.07, 6.45) is -1.00. The molecule has 37 heavy (non-hydrogen) atoms. The second-order valence-electron chi connectivity index (χ2n) is 10.1. The summed E-state index contributed by atoms with van der Waals surface area (Å²) in [5.74, 6) is 1.01. The molecular weight excluding hydrogens is 490 g/mol. The molecule has 0 aliphatic carbocycles. The molecule has 3 N–H and O–H groups in total. The van der Waals surface area contributed by atoms with Crippen molar-refractivity contribution >= 4 is 44.7 Å². The molecule has 0 radical (unpaired) electrons. The number of phenols is 1. The largest absolute Gasteiger partial charge is 0.507 e. The Labute approximate surface area is 221 Å². The van der Waals surface area contributed by atoms with Crippen molar-refractivity contribution in [2.24, 2.45) is 0 Å². The zero-order valence-corrected chi connectivity index (χ0v) is 22.3. The van der Waals surface area contributed by atoms with Crippen LogP contribution < -0.4 is 9.64 Å². The molecule has 3 aromatic carbocycles. The highest BCUT2D eigenvalue weighted by molar-refractivity contribution is 6.19. The second kappa shape index (κ2) is 9.89. The number of aromatic hydroxyl groups is 1. The molecule has 5 rings (SSSR count). The van der Waals surface area contributed by atoms with Crippen LogP contribution in [0.25, 0.3) is 21.7 Å². The van der Waals surface area contributed by atoms with Crippen LogP contribution in [0.4, 0.5) is 5.69 Å². The number of fused-ring (bicyclic) bond motifs is 4. The van der Waals surface area contributed by atoms with Gasteiger partial charge < -0.3 is 29.7 Å². The van der Waals surface area contributed by atoms with Crippen LogP contribution in [0, 0.1) is 6.92 Å². The lowest BCUT2D eigenvalue weighted by atomic mass is 9.92.